The van der Waals surface area contributed by atoms with Gasteiger partial charge in [0.1, 0.15) is 12.7 Å². The lowest BCUT2D eigenvalue weighted by Crippen LogP contribution is -2.17. The minimum Gasteiger partial charge on any atom is -0.461 e. The van der Waals surface area contributed by atoms with Crippen LogP contribution in [0, 0.1) is 0 Å². The summed E-state index contributed by atoms with van der Waals surface area (Å²) in [6.45, 7) is 0. The standard InChI is InChI=1S/C18H14F3N7O2S/c1-27-16(14-3-2-6-30-14)25-26-17(27)31-8-15(29)24-12-7-11(18(19,20)21)4-5-13(12)28-10-22-9-23-28/h2-7,9-10H,8H2,1H3,(H,24,29). The van der Waals surface area contributed by atoms with E-state index in [0.29, 0.717) is 16.7 Å². The second-order valence-corrected chi connectivity index (χ2v) is 7.19. The molecule has 0 saturated heterocycles. The molecule has 1 aromatic carbocycles. The summed E-state index contributed by atoms with van der Waals surface area (Å²) in [6.07, 6.45) is -0.491. The second kappa shape index (κ2) is 8.26. The van der Waals surface area contributed by atoms with Crippen molar-refractivity contribution in [1.82, 2.24) is 29.5 Å². The average molecular weight is 449 g/mol. The molecule has 3 aromatic heterocycles. The zero-order chi connectivity index (χ0) is 22.0. The summed E-state index contributed by atoms with van der Waals surface area (Å²) in [5.41, 5.74) is -0.682. The molecule has 0 radical (unpaired) electrons. The molecule has 13 heteroatoms. The van der Waals surface area contributed by atoms with Crippen LogP contribution < -0.4 is 5.32 Å². The van der Waals surface area contributed by atoms with Crippen molar-refractivity contribution in [3.05, 3.63) is 54.8 Å². The highest BCUT2D eigenvalue weighted by molar-refractivity contribution is 7.99. The fourth-order valence-electron chi connectivity index (χ4n) is 2.72. The maximum absolute atomic E-state index is 13.1. The number of aromatic nitrogens is 6. The topological polar surface area (TPSA) is 104 Å². The second-order valence-electron chi connectivity index (χ2n) is 6.25. The molecule has 9 nitrogen and oxygen atoms in total. The molecule has 1 N–H and O–H groups in total. The van der Waals surface area contributed by atoms with Crippen LogP contribution in [0.3, 0.4) is 0 Å². The zero-order valence-corrected chi connectivity index (χ0v) is 16.7. The van der Waals surface area contributed by atoms with E-state index < -0.39 is 17.6 Å². The Morgan fingerprint density at radius 1 is 1.26 bits per heavy atom. The van der Waals surface area contributed by atoms with Gasteiger partial charge >= 0.3 is 6.18 Å². The lowest BCUT2D eigenvalue weighted by molar-refractivity contribution is -0.137. The van der Waals surface area contributed by atoms with E-state index in [9.17, 15) is 18.0 Å². The van der Waals surface area contributed by atoms with E-state index >= 15 is 0 Å². The predicted octanol–water partition coefficient (Wildman–Crippen LogP) is 3.41. The Morgan fingerprint density at radius 3 is 2.77 bits per heavy atom. The van der Waals surface area contributed by atoms with Gasteiger partial charge in [-0.25, -0.2) is 9.67 Å². The fourth-order valence-corrected chi connectivity index (χ4v) is 3.43. The number of benzene rings is 1. The number of thioether (sulfide) groups is 1. The lowest BCUT2D eigenvalue weighted by Gasteiger charge is -2.14. The Hall–Kier alpha value is -3.61. The molecular formula is C18H14F3N7O2S. The first-order chi connectivity index (χ1) is 14.8. The number of anilines is 1. The number of alkyl halides is 3. The number of halogens is 3. The largest absolute Gasteiger partial charge is 0.461 e. The van der Waals surface area contributed by atoms with Crippen LogP contribution in [0.1, 0.15) is 5.56 Å². The number of nitrogens with zero attached hydrogens (tertiary/aromatic N) is 6. The van der Waals surface area contributed by atoms with Crippen molar-refractivity contribution >= 4 is 23.4 Å². The maximum atomic E-state index is 13.1. The van der Waals surface area contributed by atoms with Crippen molar-refractivity contribution in [2.24, 2.45) is 7.05 Å². The van der Waals surface area contributed by atoms with Crippen LogP contribution in [0.15, 0.2) is 58.8 Å². The SMILES string of the molecule is Cn1c(SCC(=O)Nc2cc(C(F)(F)F)ccc2-n2cncn2)nnc1-c1ccco1. The third-order valence-electron chi connectivity index (χ3n) is 4.17. The van der Waals surface area contributed by atoms with E-state index in [2.05, 4.69) is 25.6 Å². The number of carbonyl (C=O) groups excluding carboxylic acids is 1. The van der Waals surface area contributed by atoms with Gasteiger partial charge in [0, 0.05) is 7.05 Å². The highest BCUT2D eigenvalue weighted by Gasteiger charge is 2.31. The van der Waals surface area contributed by atoms with Gasteiger partial charge in [0.15, 0.2) is 16.7 Å². The molecular weight excluding hydrogens is 435 g/mol. The highest BCUT2D eigenvalue weighted by atomic mass is 32.2. The molecule has 3 heterocycles. The highest BCUT2D eigenvalue weighted by Crippen LogP contribution is 2.33. The molecule has 4 rings (SSSR count). The number of carbonyl (C=O) groups is 1. The smallest absolute Gasteiger partial charge is 0.416 e. The van der Waals surface area contributed by atoms with Crippen LogP contribution in [0.2, 0.25) is 0 Å². The Balaban J connectivity index is 1.51. The van der Waals surface area contributed by atoms with Crippen molar-refractivity contribution in [3.63, 3.8) is 0 Å². The quantitative estimate of drug-likeness (QED) is 0.450. The molecule has 0 spiro atoms. The molecule has 0 unspecified atom stereocenters. The summed E-state index contributed by atoms with van der Waals surface area (Å²) in [7, 11) is 1.72. The Bertz CT molecular complexity index is 1190. The fraction of sp³-hybridized carbons (Fsp3) is 0.167. The Morgan fingerprint density at radius 2 is 2.10 bits per heavy atom. The van der Waals surface area contributed by atoms with E-state index in [-0.39, 0.29) is 17.1 Å². The third kappa shape index (κ3) is 4.45. The summed E-state index contributed by atoms with van der Waals surface area (Å²) in [5.74, 6) is 0.386. The number of nitrogens with one attached hydrogen (secondary N) is 1. The van der Waals surface area contributed by atoms with Crippen LogP contribution in [-0.4, -0.2) is 41.2 Å². The molecule has 0 fully saturated rings. The van der Waals surface area contributed by atoms with Gasteiger partial charge in [0.2, 0.25) is 5.91 Å². The zero-order valence-electron chi connectivity index (χ0n) is 15.9. The van der Waals surface area contributed by atoms with Crippen LogP contribution in [0.4, 0.5) is 18.9 Å². The maximum Gasteiger partial charge on any atom is 0.416 e. The first-order valence-electron chi connectivity index (χ1n) is 8.75. The van der Waals surface area contributed by atoms with Gasteiger partial charge in [0.25, 0.3) is 0 Å². The molecule has 1 amide bonds. The van der Waals surface area contributed by atoms with E-state index in [1.165, 1.54) is 29.7 Å². The minimum absolute atomic E-state index is 0.0415. The van der Waals surface area contributed by atoms with Crippen LogP contribution in [-0.2, 0) is 18.0 Å². The van der Waals surface area contributed by atoms with Gasteiger partial charge in [0.05, 0.1) is 29.0 Å². The van der Waals surface area contributed by atoms with Crippen molar-refractivity contribution in [2.75, 3.05) is 11.1 Å². The summed E-state index contributed by atoms with van der Waals surface area (Å²) in [5, 5.41) is 14.9. The molecule has 0 aliphatic rings. The molecule has 0 aliphatic heterocycles. The van der Waals surface area contributed by atoms with E-state index in [1.807, 2.05) is 0 Å². The predicted molar refractivity (Wildman–Crippen MR) is 104 cm³/mol. The summed E-state index contributed by atoms with van der Waals surface area (Å²) in [6, 6.07) is 6.43. The van der Waals surface area contributed by atoms with Crippen LogP contribution in [0.5, 0.6) is 0 Å². The number of furan rings is 1. The van der Waals surface area contributed by atoms with Gasteiger partial charge in [-0.1, -0.05) is 11.8 Å². The van der Waals surface area contributed by atoms with Crippen LogP contribution in [0.25, 0.3) is 17.3 Å². The number of hydrogen-bond donors (Lipinski definition) is 1. The van der Waals surface area contributed by atoms with Crippen molar-refractivity contribution in [1.29, 1.82) is 0 Å². The minimum atomic E-state index is -4.56. The summed E-state index contributed by atoms with van der Waals surface area (Å²) >= 11 is 1.08. The first-order valence-corrected chi connectivity index (χ1v) is 9.73. The van der Waals surface area contributed by atoms with Crippen molar-refractivity contribution < 1.29 is 22.4 Å². The third-order valence-corrected chi connectivity index (χ3v) is 5.19. The average Bonchev–Trinajstić information content (AvgIpc) is 3.48. The summed E-state index contributed by atoms with van der Waals surface area (Å²) < 4.78 is 47.6. The number of amides is 1. The monoisotopic (exact) mass is 449 g/mol. The van der Waals surface area contributed by atoms with Gasteiger partial charge in [-0.2, -0.15) is 18.3 Å². The lowest BCUT2D eigenvalue weighted by atomic mass is 10.1. The van der Waals surface area contributed by atoms with Crippen molar-refractivity contribution in [2.45, 2.75) is 11.3 Å². The normalized spacial score (nSPS) is 11.6. The van der Waals surface area contributed by atoms with E-state index in [1.54, 1.807) is 23.7 Å². The molecule has 0 aliphatic carbocycles. The van der Waals surface area contributed by atoms with E-state index in [0.717, 1.165) is 23.9 Å². The number of hydrogen-bond acceptors (Lipinski definition) is 7. The van der Waals surface area contributed by atoms with Crippen molar-refractivity contribution in [3.8, 4) is 17.3 Å². The van der Waals surface area contributed by atoms with Gasteiger partial charge in [-0.15, -0.1) is 10.2 Å². The Kier molecular flexibility index (Phi) is 5.50. The van der Waals surface area contributed by atoms with Crippen LogP contribution >= 0.6 is 11.8 Å². The molecule has 0 saturated carbocycles. The molecule has 31 heavy (non-hydrogen) atoms. The molecule has 0 atom stereocenters. The first kappa shape index (κ1) is 20.7. The van der Waals surface area contributed by atoms with Gasteiger partial charge < -0.3 is 14.3 Å². The molecule has 4 aromatic rings. The van der Waals surface area contributed by atoms with E-state index in [4.69, 9.17) is 4.42 Å². The molecule has 160 valence electrons. The van der Waals surface area contributed by atoms with Gasteiger partial charge in [-0.3, -0.25) is 4.79 Å². The van der Waals surface area contributed by atoms with Gasteiger partial charge in [-0.05, 0) is 30.3 Å². The Labute approximate surface area is 177 Å². The number of rotatable bonds is 6. The molecule has 0 bridgehead atoms. The summed E-state index contributed by atoms with van der Waals surface area (Å²) in [4.78, 5) is 16.3.